The number of amides is 1. The Bertz CT molecular complexity index is 887. The molecule has 1 aromatic rings. The minimum Gasteiger partial charge on any atom is -0.379 e. The first-order valence-electron chi connectivity index (χ1n) is 11.8. The van der Waals surface area contributed by atoms with E-state index in [0.717, 1.165) is 39.1 Å². The van der Waals surface area contributed by atoms with E-state index in [4.69, 9.17) is 4.74 Å². The lowest BCUT2D eigenvalue weighted by molar-refractivity contribution is -0.0361. The molecule has 0 radical (unpaired) electrons. The minimum absolute atomic E-state index is 0.0266. The standard InChI is InChI=1S/C23H36N4O4S/c1-25-10-12-27(13-11-25)32(29,30)21-7-5-6-20(18-21)22(28)24-19-23(8-3-2-4-9-23)26-14-16-31-17-15-26/h5-7,18H,2-4,8-17,19H2,1H3,(H,24,28). The molecule has 2 aliphatic heterocycles. The number of piperazine rings is 1. The zero-order valence-electron chi connectivity index (χ0n) is 19.1. The maximum Gasteiger partial charge on any atom is 0.251 e. The number of carbonyl (C=O) groups excluding carboxylic acids is 1. The third-order valence-corrected chi connectivity index (χ3v) is 9.14. The van der Waals surface area contributed by atoms with E-state index in [1.54, 1.807) is 18.2 Å². The van der Waals surface area contributed by atoms with E-state index < -0.39 is 10.0 Å². The first kappa shape index (κ1) is 23.6. The van der Waals surface area contributed by atoms with Crippen molar-refractivity contribution in [2.75, 3.05) is 66.1 Å². The molecule has 1 aromatic carbocycles. The van der Waals surface area contributed by atoms with Crippen LogP contribution in [0, 0.1) is 0 Å². The zero-order valence-corrected chi connectivity index (χ0v) is 19.9. The van der Waals surface area contributed by atoms with Crippen molar-refractivity contribution in [2.45, 2.75) is 42.5 Å². The number of hydrogen-bond donors (Lipinski definition) is 1. The number of nitrogens with zero attached hydrogens (tertiary/aromatic N) is 3. The predicted molar refractivity (Wildman–Crippen MR) is 123 cm³/mol. The van der Waals surface area contributed by atoms with Crippen molar-refractivity contribution >= 4 is 15.9 Å². The van der Waals surface area contributed by atoms with E-state index in [1.807, 2.05) is 7.05 Å². The molecule has 2 saturated heterocycles. The first-order valence-corrected chi connectivity index (χ1v) is 13.2. The van der Waals surface area contributed by atoms with Crippen molar-refractivity contribution < 1.29 is 17.9 Å². The highest BCUT2D eigenvalue weighted by atomic mass is 32.2. The summed E-state index contributed by atoms with van der Waals surface area (Å²) in [5.41, 5.74) is 0.370. The predicted octanol–water partition coefficient (Wildman–Crippen LogP) is 1.39. The molecule has 0 unspecified atom stereocenters. The molecule has 1 amide bonds. The van der Waals surface area contributed by atoms with Gasteiger partial charge in [0.05, 0.1) is 18.1 Å². The van der Waals surface area contributed by atoms with E-state index in [0.29, 0.717) is 38.3 Å². The number of carbonyl (C=O) groups is 1. The third-order valence-electron chi connectivity index (χ3n) is 7.24. The van der Waals surface area contributed by atoms with Crippen LogP contribution in [-0.2, 0) is 14.8 Å². The Balaban J connectivity index is 1.45. The highest BCUT2D eigenvalue weighted by Crippen LogP contribution is 2.34. The highest BCUT2D eigenvalue weighted by molar-refractivity contribution is 7.89. The Labute approximate surface area is 191 Å². The molecular formula is C23H36N4O4S. The molecule has 0 bridgehead atoms. The van der Waals surface area contributed by atoms with Gasteiger partial charge in [-0.05, 0) is 38.1 Å². The summed E-state index contributed by atoms with van der Waals surface area (Å²) in [5.74, 6) is -0.210. The van der Waals surface area contributed by atoms with Crippen molar-refractivity contribution in [1.29, 1.82) is 0 Å². The summed E-state index contributed by atoms with van der Waals surface area (Å²) in [7, 11) is -1.61. The normalized spacial score (nSPS) is 23.7. The number of morpholine rings is 1. The fourth-order valence-electron chi connectivity index (χ4n) is 5.17. The average molecular weight is 465 g/mol. The second-order valence-electron chi connectivity index (χ2n) is 9.30. The lowest BCUT2D eigenvalue weighted by Crippen LogP contribution is -2.59. The number of hydrogen-bond acceptors (Lipinski definition) is 6. The topological polar surface area (TPSA) is 82.2 Å². The Hall–Kier alpha value is -1.52. The van der Waals surface area contributed by atoms with Gasteiger partial charge in [-0.1, -0.05) is 25.3 Å². The highest BCUT2D eigenvalue weighted by Gasteiger charge is 2.39. The second kappa shape index (κ2) is 10.2. The van der Waals surface area contributed by atoms with Crippen molar-refractivity contribution in [3.8, 4) is 0 Å². The molecule has 0 aromatic heterocycles. The molecule has 32 heavy (non-hydrogen) atoms. The van der Waals surface area contributed by atoms with Crippen LogP contribution in [0.25, 0.3) is 0 Å². The summed E-state index contributed by atoms with van der Waals surface area (Å²) in [5, 5.41) is 3.13. The molecule has 4 rings (SSSR count). The molecule has 178 valence electrons. The molecule has 3 aliphatic rings. The van der Waals surface area contributed by atoms with Gasteiger partial charge in [-0.3, -0.25) is 9.69 Å². The van der Waals surface area contributed by atoms with Gasteiger partial charge in [0.25, 0.3) is 5.91 Å². The zero-order chi connectivity index (χ0) is 22.6. The van der Waals surface area contributed by atoms with Gasteiger partial charge in [0.15, 0.2) is 0 Å². The largest absolute Gasteiger partial charge is 0.379 e. The maximum absolute atomic E-state index is 13.1. The van der Waals surface area contributed by atoms with Crippen LogP contribution in [0.5, 0.6) is 0 Å². The number of likely N-dealkylation sites (N-methyl/N-ethyl adjacent to an activating group) is 1. The van der Waals surface area contributed by atoms with Gasteiger partial charge in [-0.2, -0.15) is 4.31 Å². The van der Waals surface area contributed by atoms with Crippen LogP contribution in [0.4, 0.5) is 0 Å². The van der Waals surface area contributed by atoms with Crippen molar-refractivity contribution in [3.05, 3.63) is 29.8 Å². The van der Waals surface area contributed by atoms with E-state index >= 15 is 0 Å². The number of rotatable bonds is 6. The van der Waals surface area contributed by atoms with E-state index in [-0.39, 0.29) is 16.3 Å². The van der Waals surface area contributed by atoms with Gasteiger partial charge >= 0.3 is 0 Å². The number of nitrogens with one attached hydrogen (secondary N) is 1. The quantitative estimate of drug-likeness (QED) is 0.685. The van der Waals surface area contributed by atoms with Crippen LogP contribution in [0.2, 0.25) is 0 Å². The van der Waals surface area contributed by atoms with Crippen LogP contribution in [0.15, 0.2) is 29.2 Å². The molecule has 1 aliphatic carbocycles. The van der Waals surface area contributed by atoms with Crippen molar-refractivity contribution in [1.82, 2.24) is 19.4 Å². The van der Waals surface area contributed by atoms with E-state index in [1.165, 1.54) is 29.6 Å². The van der Waals surface area contributed by atoms with Crippen LogP contribution in [-0.4, -0.2) is 100 Å². The number of ether oxygens (including phenoxy) is 1. The average Bonchev–Trinajstić information content (AvgIpc) is 2.84. The SMILES string of the molecule is CN1CCN(S(=O)(=O)c2cccc(C(=O)NCC3(N4CCOCC4)CCCCC3)c2)CC1. The van der Waals surface area contributed by atoms with Gasteiger partial charge in [-0.25, -0.2) is 8.42 Å². The van der Waals surface area contributed by atoms with Gasteiger partial charge in [0.1, 0.15) is 0 Å². The van der Waals surface area contributed by atoms with Crippen LogP contribution >= 0.6 is 0 Å². The monoisotopic (exact) mass is 464 g/mol. The van der Waals surface area contributed by atoms with Gasteiger partial charge in [0, 0.05) is 56.9 Å². The Morgan fingerprint density at radius 3 is 2.41 bits per heavy atom. The van der Waals surface area contributed by atoms with E-state index in [2.05, 4.69) is 15.1 Å². The molecule has 1 N–H and O–H groups in total. The molecule has 3 fully saturated rings. The van der Waals surface area contributed by atoms with Crippen LogP contribution < -0.4 is 5.32 Å². The molecule has 0 spiro atoms. The fourth-order valence-corrected chi connectivity index (χ4v) is 6.64. The maximum atomic E-state index is 13.1. The fraction of sp³-hybridized carbons (Fsp3) is 0.696. The lowest BCUT2D eigenvalue weighted by Gasteiger charge is -2.48. The Kier molecular flexibility index (Phi) is 7.51. The van der Waals surface area contributed by atoms with Gasteiger partial charge < -0.3 is 15.0 Å². The Morgan fingerprint density at radius 1 is 1.03 bits per heavy atom. The smallest absolute Gasteiger partial charge is 0.251 e. The molecule has 2 heterocycles. The van der Waals surface area contributed by atoms with Crippen LogP contribution in [0.1, 0.15) is 42.5 Å². The summed E-state index contributed by atoms with van der Waals surface area (Å²) in [4.78, 5) is 17.8. The number of sulfonamides is 1. The van der Waals surface area contributed by atoms with E-state index in [9.17, 15) is 13.2 Å². The summed E-state index contributed by atoms with van der Waals surface area (Å²) < 4.78 is 33.2. The van der Waals surface area contributed by atoms with Crippen molar-refractivity contribution in [2.24, 2.45) is 0 Å². The van der Waals surface area contributed by atoms with Crippen molar-refractivity contribution in [3.63, 3.8) is 0 Å². The second-order valence-corrected chi connectivity index (χ2v) is 11.2. The summed E-state index contributed by atoms with van der Waals surface area (Å²) in [6.45, 7) is 6.22. The molecule has 9 heteroatoms. The Morgan fingerprint density at radius 2 is 1.72 bits per heavy atom. The number of benzene rings is 1. The lowest BCUT2D eigenvalue weighted by atomic mass is 9.79. The first-order chi connectivity index (χ1) is 15.4. The van der Waals surface area contributed by atoms with Gasteiger partial charge in [0.2, 0.25) is 10.0 Å². The van der Waals surface area contributed by atoms with Gasteiger partial charge in [-0.15, -0.1) is 0 Å². The minimum atomic E-state index is -3.60. The summed E-state index contributed by atoms with van der Waals surface area (Å²) >= 11 is 0. The summed E-state index contributed by atoms with van der Waals surface area (Å²) in [6.07, 6.45) is 5.74. The summed E-state index contributed by atoms with van der Waals surface area (Å²) in [6, 6.07) is 6.46. The van der Waals surface area contributed by atoms with Crippen LogP contribution in [0.3, 0.4) is 0 Å². The molecule has 0 atom stereocenters. The molecular weight excluding hydrogens is 428 g/mol. The third kappa shape index (κ3) is 5.17. The molecule has 8 nitrogen and oxygen atoms in total. The molecule has 1 saturated carbocycles.